The molecule has 25 heavy (non-hydrogen) atoms. The minimum absolute atomic E-state index is 0.625. The van der Waals surface area contributed by atoms with Crippen LogP contribution in [0.25, 0.3) is 0 Å². The van der Waals surface area contributed by atoms with Crippen LogP contribution in [0.5, 0.6) is 0 Å². The summed E-state index contributed by atoms with van der Waals surface area (Å²) < 4.78 is 0. The molecule has 1 N–H and O–H groups in total. The molecule has 3 aromatic rings. The van der Waals surface area contributed by atoms with Gasteiger partial charge in [-0.25, -0.2) is 0 Å². The first-order valence-corrected chi connectivity index (χ1v) is 8.30. The molecule has 0 aliphatic carbocycles. The molecule has 6 nitrogen and oxygen atoms in total. The predicted molar refractivity (Wildman–Crippen MR) is 101 cm³/mol. The molecule has 0 radical (unpaired) electrons. The second-order valence-electron chi connectivity index (χ2n) is 6.24. The molecule has 6 heteroatoms. The van der Waals surface area contributed by atoms with Crippen molar-refractivity contribution in [1.82, 2.24) is 15.2 Å². The number of aromatic nitrogens is 3. The Bertz CT molecular complexity index is 875. The molecule has 2 aromatic carbocycles. The first-order valence-electron chi connectivity index (χ1n) is 8.30. The van der Waals surface area contributed by atoms with Crippen LogP contribution in [0.15, 0.2) is 54.7 Å². The topological polar surface area (TPSA) is 57.2 Å². The van der Waals surface area contributed by atoms with Crippen LogP contribution in [0.1, 0.15) is 5.56 Å². The van der Waals surface area contributed by atoms with Crippen LogP contribution in [0, 0.1) is 0 Å². The Morgan fingerprint density at radius 2 is 1.84 bits per heavy atom. The molecule has 0 atom stereocenters. The first kappa shape index (κ1) is 15.4. The molecule has 0 saturated carbocycles. The van der Waals surface area contributed by atoms with Gasteiger partial charge in [0.25, 0.3) is 5.95 Å². The van der Waals surface area contributed by atoms with Crippen molar-refractivity contribution in [1.29, 1.82) is 0 Å². The van der Waals surface area contributed by atoms with Gasteiger partial charge in [-0.05, 0) is 42.3 Å². The highest BCUT2D eigenvalue weighted by Gasteiger charge is 2.22. The van der Waals surface area contributed by atoms with Gasteiger partial charge in [0.15, 0.2) is 5.82 Å². The monoisotopic (exact) mass is 332 g/mol. The molecule has 1 aliphatic heterocycles. The quantitative estimate of drug-likeness (QED) is 0.790. The van der Waals surface area contributed by atoms with Crippen molar-refractivity contribution >= 4 is 28.8 Å². The first-order chi connectivity index (χ1) is 12.2. The van der Waals surface area contributed by atoms with Crippen molar-refractivity contribution in [2.24, 2.45) is 0 Å². The lowest BCUT2D eigenvalue weighted by molar-refractivity contribution is 0.887. The highest BCUT2D eigenvalue weighted by molar-refractivity contribution is 5.67. The lowest BCUT2D eigenvalue weighted by atomic mass is 10.2. The van der Waals surface area contributed by atoms with E-state index in [2.05, 4.69) is 60.6 Å². The summed E-state index contributed by atoms with van der Waals surface area (Å²) in [5.74, 6) is 1.31. The Hall–Kier alpha value is -3.15. The second-order valence-corrected chi connectivity index (χ2v) is 6.24. The zero-order valence-electron chi connectivity index (χ0n) is 14.3. The van der Waals surface area contributed by atoms with Gasteiger partial charge in [-0.1, -0.05) is 18.2 Å². The minimum Gasteiger partial charge on any atom is -0.378 e. The normalized spacial score (nSPS) is 12.8. The van der Waals surface area contributed by atoms with E-state index in [-0.39, 0.29) is 0 Å². The molecular formula is C19H20N6. The van der Waals surface area contributed by atoms with Crippen LogP contribution in [0.2, 0.25) is 0 Å². The van der Waals surface area contributed by atoms with Crippen molar-refractivity contribution < 1.29 is 0 Å². The molecule has 0 bridgehead atoms. The summed E-state index contributed by atoms with van der Waals surface area (Å²) in [7, 11) is 4.05. The van der Waals surface area contributed by atoms with Crippen molar-refractivity contribution in [2.45, 2.75) is 6.42 Å². The second kappa shape index (κ2) is 6.39. The third-order valence-corrected chi connectivity index (χ3v) is 4.33. The van der Waals surface area contributed by atoms with Crippen molar-refractivity contribution in [3.05, 3.63) is 60.3 Å². The molecule has 1 aromatic heterocycles. The molecule has 0 unspecified atom stereocenters. The molecule has 0 fully saturated rings. The van der Waals surface area contributed by atoms with Crippen LogP contribution in [0.4, 0.5) is 28.8 Å². The van der Waals surface area contributed by atoms with Crippen molar-refractivity contribution in [2.75, 3.05) is 35.8 Å². The third-order valence-electron chi connectivity index (χ3n) is 4.33. The summed E-state index contributed by atoms with van der Waals surface area (Å²) in [6, 6.07) is 16.5. The number of fused-ring (bicyclic) bond motifs is 1. The summed E-state index contributed by atoms with van der Waals surface area (Å²) in [4.78, 5) is 8.82. The smallest absolute Gasteiger partial charge is 0.251 e. The van der Waals surface area contributed by atoms with E-state index in [0.29, 0.717) is 11.8 Å². The van der Waals surface area contributed by atoms with Gasteiger partial charge in [-0.15, -0.1) is 5.10 Å². The van der Waals surface area contributed by atoms with E-state index in [1.807, 2.05) is 32.3 Å². The number of nitrogens with zero attached hydrogens (tertiary/aromatic N) is 5. The maximum absolute atomic E-state index is 4.64. The Morgan fingerprint density at radius 3 is 2.64 bits per heavy atom. The minimum atomic E-state index is 0.625. The summed E-state index contributed by atoms with van der Waals surface area (Å²) in [6.07, 6.45) is 2.65. The van der Waals surface area contributed by atoms with Gasteiger partial charge in [-0.2, -0.15) is 10.1 Å². The maximum Gasteiger partial charge on any atom is 0.251 e. The number of hydrogen-bond donors (Lipinski definition) is 1. The average molecular weight is 332 g/mol. The van der Waals surface area contributed by atoms with Crippen LogP contribution >= 0.6 is 0 Å². The van der Waals surface area contributed by atoms with Gasteiger partial charge >= 0.3 is 0 Å². The summed E-state index contributed by atoms with van der Waals surface area (Å²) in [6.45, 7) is 0.877. The highest BCUT2D eigenvalue weighted by atomic mass is 15.3. The summed E-state index contributed by atoms with van der Waals surface area (Å²) in [5, 5.41) is 11.6. The van der Waals surface area contributed by atoms with E-state index in [1.54, 1.807) is 6.20 Å². The molecule has 0 saturated heterocycles. The molecule has 4 rings (SSSR count). The summed E-state index contributed by atoms with van der Waals surface area (Å²) >= 11 is 0. The Balaban J connectivity index is 1.56. The molecule has 2 heterocycles. The fourth-order valence-electron chi connectivity index (χ4n) is 3.01. The van der Waals surface area contributed by atoms with E-state index in [4.69, 9.17) is 0 Å². The average Bonchev–Trinajstić information content (AvgIpc) is 3.06. The number of anilines is 5. The van der Waals surface area contributed by atoms with Gasteiger partial charge in [-0.3, -0.25) is 0 Å². The Kier molecular flexibility index (Phi) is 3.93. The largest absolute Gasteiger partial charge is 0.378 e. The number of nitrogens with one attached hydrogen (secondary N) is 1. The Morgan fingerprint density at radius 1 is 1.04 bits per heavy atom. The third kappa shape index (κ3) is 3.10. The lowest BCUT2D eigenvalue weighted by Gasteiger charge is -2.17. The van der Waals surface area contributed by atoms with Crippen molar-refractivity contribution in [3.63, 3.8) is 0 Å². The SMILES string of the molecule is CN(C)c1ccc(Nc2cnnc(N3CCc4ccccc43)n2)cc1. The van der Waals surface area contributed by atoms with Gasteiger partial charge in [0.05, 0.1) is 6.20 Å². The van der Waals surface area contributed by atoms with Crippen LogP contribution in [0.3, 0.4) is 0 Å². The van der Waals surface area contributed by atoms with E-state index in [9.17, 15) is 0 Å². The molecule has 126 valence electrons. The highest BCUT2D eigenvalue weighted by Crippen LogP contribution is 2.32. The number of benzene rings is 2. The van der Waals surface area contributed by atoms with E-state index in [1.165, 1.54) is 5.56 Å². The van der Waals surface area contributed by atoms with E-state index in [0.717, 1.165) is 30.0 Å². The van der Waals surface area contributed by atoms with Crippen molar-refractivity contribution in [3.8, 4) is 0 Å². The summed E-state index contributed by atoms with van der Waals surface area (Å²) in [5.41, 5.74) is 4.61. The number of rotatable bonds is 4. The van der Waals surface area contributed by atoms with Gasteiger partial charge < -0.3 is 15.1 Å². The van der Waals surface area contributed by atoms with Gasteiger partial charge in [0, 0.05) is 37.7 Å². The molecule has 1 aliphatic rings. The van der Waals surface area contributed by atoms with Gasteiger partial charge in [0.2, 0.25) is 0 Å². The van der Waals surface area contributed by atoms with Crippen LogP contribution in [-0.4, -0.2) is 35.8 Å². The molecular weight excluding hydrogens is 312 g/mol. The molecule has 0 spiro atoms. The Labute approximate surface area is 147 Å². The number of para-hydroxylation sites is 1. The fraction of sp³-hybridized carbons (Fsp3) is 0.211. The zero-order valence-corrected chi connectivity index (χ0v) is 14.3. The predicted octanol–water partition coefficient (Wildman–Crippen LogP) is 3.38. The number of hydrogen-bond acceptors (Lipinski definition) is 6. The van der Waals surface area contributed by atoms with E-state index >= 15 is 0 Å². The fourth-order valence-corrected chi connectivity index (χ4v) is 3.01. The van der Waals surface area contributed by atoms with Crippen LogP contribution in [-0.2, 0) is 6.42 Å². The van der Waals surface area contributed by atoms with Gasteiger partial charge in [0.1, 0.15) is 0 Å². The molecule has 0 amide bonds. The van der Waals surface area contributed by atoms with E-state index < -0.39 is 0 Å². The van der Waals surface area contributed by atoms with Crippen LogP contribution < -0.4 is 15.1 Å². The lowest BCUT2D eigenvalue weighted by Crippen LogP contribution is -2.17. The zero-order chi connectivity index (χ0) is 17.2. The standard InChI is InChI=1S/C19H20N6/c1-24(2)16-9-7-15(8-10-16)21-18-13-20-23-19(22-18)25-12-11-14-5-3-4-6-17(14)25/h3-10,13H,11-12H2,1-2H3,(H,21,22,23). The maximum atomic E-state index is 4.64.